The number of rotatable bonds is 6. The van der Waals surface area contributed by atoms with Gasteiger partial charge >= 0.3 is 0 Å². The Kier molecular flexibility index (Phi) is 6.84. The zero-order valence-corrected chi connectivity index (χ0v) is 16.2. The summed E-state index contributed by atoms with van der Waals surface area (Å²) in [4.78, 5) is 26.8. The Hall–Kier alpha value is -1.36. The molecule has 0 aromatic heterocycles. The molecule has 0 bridgehead atoms. The van der Waals surface area contributed by atoms with E-state index in [2.05, 4.69) is 15.9 Å². The Labute approximate surface area is 159 Å². The highest BCUT2D eigenvalue weighted by molar-refractivity contribution is 9.09. The van der Waals surface area contributed by atoms with Crippen LogP contribution >= 0.6 is 39.1 Å². The van der Waals surface area contributed by atoms with Crippen molar-refractivity contribution in [2.75, 3.05) is 16.8 Å². The summed E-state index contributed by atoms with van der Waals surface area (Å²) in [5.74, 6) is -0.381. The monoisotopic (exact) mass is 427 g/mol. The molecule has 0 heterocycles. The van der Waals surface area contributed by atoms with Gasteiger partial charge in [-0.3, -0.25) is 9.59 Å². The summed E-state index contributed by atoms with van der Waals surface area (Å²) in [5.41, 5.74) is 1.28. The van der Waals surface area contributed by atoms with Crippen molar-refractivity contribution in [3.8, 4) is 0 Å². The van der Waals surface area contributed by atoms with Gasteiger partial charge in [0.2, 0.25) is 5.91 Å². The van der Waals surface area contributed by atoms with Gasteiger partial charge in [-0.2, -0.15) is 0 Å². The number of hydrogen-bond donors (Lipinski definition) is 0. The normalized spacial score (nSPS) is 10.5. The highest BCUT2D eigenvalue weighted by Crippen LogP contribution is 2.29. The summed E-state index contributed by atoms with van der Waals surface area (Å²) >= 11 is 15.4. The lowest BCUT2D eigenvalue weighted by molar-refractivity contribution is -0.116. The second-order valence-corrected chi connectivity index (χ2v) is 6.55. The Morgan fingerprint density at radius 1 is 1.08 bits per heavy atom. The smallest absolute Gasteiger partial charge is 0.237 e. The molecule has 126 valence electrons. The highest BCUT2D eigenvalue weighted by Gasteiger charge is 2.23. The molecule has 2 aromatic carbocycles. The van der Waals surface area contributed by atoms with Crippen molar-refractivity contribution in [2.45, 2.75) is 13.3 Å². The maximum Gasteiger partial charge on any atom is 0.237 e. The van der Waals surface area contributed by atoms with Crippen molar-refractivity contribution in [3.63, 3.8) is 0 Å². The number of carbonyl (C=O) groups excluding carboxylic acids is 2. The molecule has 2 rings (SSSR count). The maximum absolute atomic E-state index is 13.0. The second-order valence-electron chi connectivity index (χ2n) is 5.15. The molecule has 0 saturated heterocycles. The van der Waals surface area contributed by atoms with Gasteiger partial charge < -0.3 is 4.90 Å². The quantitative estimate of drug-likeness (QED) is 0.458. The van der Waals surface area contributed by atoms with E-state index in [9.17, 15) is 9.59 Å². The second kappa shape index (κ2) is 8.65. The van der Waals surface area contributed by atoms with Crippen molar-refractivity contribution < 1.29 is 9.59 Å². The van der Waals surface area contributed by atoms with Crippen LogP contribution in [0.15, 0.2) is 42.5 Å². The molecule has 0 aliphatic rings. The van der Waals surface area contributed by atoms with Gasteiger partial charge in [0.25, 0.3) is 0 Å². The number of halogens is 3. The summed E-state index contributed by atoms with van der Waals surface area (Å²) in [5, 5.41) is 0.967. The minimum Gasteiger partial charge on any atom is -0.311 e. The molecule has 0 aliphatic carbocycles. The van der Waals surface area contributed by atoms with Gasteiger partial charge in [0.1, 0.15) is 0 Å². The van der Waals surface area contributed by atoms with Gasteiger partial charge in [-0.25, -0.2) is 0 Å². The molecular formula is C18H16BrCl2NO2. The van der Waals surface area contributed by atoms with Gasteiger partial charge in [-0.15, -0.1) is 0 Å². The van der Waals surface area contributed by atoms with E-state index in [1.54, 1.807) is 47.4 Å². The van der Waals surface area contributed by atoms with Crippen LogP contribution in [-0.4, -0.2) is 23.6 Å². The van der Waals surface area contributed by atoms with Crippen LogP contribution in [0.3, 0.4) is 0 Å². The number of amides is 1. The van der Waals surface area contributed by atoms with Crippen LogP contribution in [0.2, 0.25) is 10.0 Å². The van der Waals surface area contributed by atoms with E-state index >= 15 is 0 Å². The molecule has 0 saturated carbocycles. The molecule has 1 amide bonds. The molecule has 0 N–H and O–H groups in total. The largest absolute Gasteiger partial charge is 0.311 e. The van der Waals surface area contributed by atoms with Crippen LogP contribution < -0.4 is 4.90 Å². The van der Waals surface area contributed by atoms with E-state index in [0.29, 0.717) is 33.4 Å². The Morgan fingerprint density at radius 2 is 1.79 bits per heavy atom. The highest BCUT2D eigenvalue weighted by atomic mass is 79.9. The fraction of sp³-hybridized carbons (Fsp3) is 0.222. The SMILES string of the molecule is CCCN(C(=O)CBr)c1ccc(Cl)cc1C(=O)c1ccccc1Cl. The zero-order valence-electron chi connectivity index (χ0n) is 13.1. The first kappa shape index (κ1) is 19.0. The summed E-state index contributed by atoms with van der Waals surface area (Å²) in [6.45, 7) is 2.48. The molecule has 0 atom stereocenters. The van der Waals surface area contributed by atoms with Crippen LogP contribution in [0.4, 0.5) is 5.69 Å². The average molecular weight is 429 g/mol. The minimum atomic E-state index is -0.262. The van der Waals surface area contributed by atoms with Gasteiger partial charge in [0, 0.05) is 22.7 Å². The summed E-state index contributed by atoms with van der Waals surface area (Å²) in [6, 6.07) is 11.8. The van der Waals surface area contributed by atoms with Crippen molar-refractivity contribution in [1.82, 2.24) is 0 Å². The number of alkyl halides is 1. The first-order valence-electron chi connectivity index (χ1n) is 7.44. The van der Waals surface area contributed by atoms with E-state index in [1.807, 2.05) is 6.92 Å². The molecule has 0 spiro atoms. The molecule has 0 aliphatic heterocycles. The van der Waals surface area contributed by atoms with E-state index in [1.165, 1.54) is 0 Å². The van der Waals surface area contributed by atoms with Crippen LogP contribution in [0.25, 0.3) is 0 Å². The first-order valence-corrected chi connectivity index (χ1v) is 9.32. The van der Waals surface area contributed by atoms with Gasteiger partial charge in [-0.05, 0) is 36.8 Å². The molecule has 6 heteroatoms. The van der Waals surface area contributed by atoms with Crippen LogP contribution in [0, 0.1) is 0 Å². The third-order valence-corrected chi connectivity index (χ3v) is 4.52. The van der Waals surface area contributed by atoms with Gasteiger partial charge in [-0.1, -0.05) is 58.2 Å². The Morgan fingerprint density at radius 3 is 2.42 bits per heavy atom. The van der Waals surface area contributed by atoms with E-state index < -0.39 is 0 Å². The molecule has 0 unspecified atom stereocenters. The number of ketones is 1. The number of anilines is 1. The van der Waals surface area contributed by atoms with E-state index in [0.717, 1.165) is 6.42 Å². The lowest BCUT2D eigenvalue weighted by atomic mass is 10.0. The van der Waals surface area contributed by atoms with Gasteiger partial charge in [0.05, 0.1) is 16.0 Å². The van der Waals surface area contributed by atoms with Crippen LogP contribution in [0.1, 0.15) is 29.3 Å². The van der Waals surface area contributed by atoms with Crippen LogP contribution in [-0.2, 0) is 4.79 Å². The molecule has 2 aromatic rings. The predicted octanol–water partition coefficient (Wildman–Crippen LogP) is 5.36. The summed E-state index contributed by atoms with van der Waals surface area (Å²) in [7, 11) is 0. The molecular weight excluding hydrogens is 413 g/mol. The van der Waals surface area contributed by atoms with E-state index in [4.69, 9.17) is 23.2 Å². The molecule has 3 nitrogen and oxygen atoms in total. The third kappa shape index (κ3) is 4.18. The van der Waals surface area contributed by atoms with Crippen molar-refractivity contribution in [1.29, 1.82) is 0 Å². The number of nitrogens with zero attached hydrogens (tertiary/aromatic N) is 1. The predicted molar refractivity (Wildman–Crippen MR) is 103 cm³/mol. The zero-order chi connectivity index (χ0) is 17.7. The van der Waals surface area contributed by atoms with Crippen molar-refractivity contribution in [3.05, 3.63) is 63.6 Å². The maximum atomic E-state index is 13.0. The average Bonchev–Trinajstić information content (AvgIpc) is 2.59. The molecule has 0 fully saturated rings. The molecule has 24 heavy (non-hydrogen) atoms. The Balaban J connectivity index is 2.57. The van der Waals surface area contributed by atoms with Crippen molar-refractivity contribution >= 4 is 56.5 Å². The molecule has 0 radical (unpaired) electrons. The van der Waals surface area contributed by atoms with Gasteiger partial charge in [0.15, 0.2) is 5.78 Å². The number of benzene rings is 2. The van der Waals surface area contributed by atoms with Crippen molar-refractivity contribution in [2.24, 2.45) is 0 Å². The third-order valence-electron chi connectivity index (χ3n) is 3.48. The topological polar surface area (TPSA) is 37.4 Å². The van der Waals surface area contributed by atoms with Crippen LogP contribution in [0.5, 0.6) is 0 Å². The lowest BCUT2D eigenvalue weighted by Gasteiger charge is -2.24. The standard InChI is InChI=1S/C18H16BrCl2NO2/c1-2-9-22(17(23)11-19)16-8-7-12(20)10-14(16)18(24)13-5-3-4-6-15(13)21/h3-8,10H,2,9,11H2,1H3. The minimum absolute atomic E-state index is 0.118. The fourth-order valence-corrected chi connectivity index (χ4v) is 3.09. The first-order chi connectivity index (χ1) is 11.5. The summed E-state index contributed by atoms with van der Waals surface area (Å²) < 4.78 is 0. The Bertz CT molecular complexity index is 764. The number of hydrogen-bond acceptors (Lipinski definition) is 2. The lowest BCUT2D eigenvalue weighted by Crippen LogP contribution is -2.33. The number of carbonyl (C=O) groups is 2. The van der Waals surface area contributed by atoms with E-state index in [-0.39, 0.29) is 17.0 Å². The summed E-state index contributed by atoms with van der Waals surface area (Å²) in [6.07, 6.45) is 0.765. The fourth-order valence-electron chi connectivity index (χ4n) is 2.39.